The Kier molecular flexibility index (Phi) is 5.92. The van der Waals surface area contributed by atoms with Gasteiger partial charge in [-0.05, 0) is 25.8 Å². The molecule has 0 unspecified atom stereocenters. The Hall–Kier alpha value is -2.56. The van der Waals surface area contributed by atoms with E-state index in [-0.39, 0.29) is 29.1 Å². The molecule has 2 aromatic rings. The first kappa shape index (κ1) is 20.2. The molecule has 0 aromatic carbocycles. The topological polar surface area (TPSA) is 124 Å². The van der Waals surface area contributed by atoms with Crippen molar-refractivity contribution in [1.82, 2.24) is 24.5 Å². The zero-order chi connectivity index (χ0) is 20.3. The van der Waals surface area contributed by atoms with Gasteiger partial charge in [-0.3, -0.25) is 4.79 Å². The summed E-state index contributed by atoms with van der Waals surface area (Å²) in [5.74, 6) is -1.13. The maximum absolute atomic E-state index is 12.6. The minimum atomic E-state index is -3.12. The fourth-order valence-electron chi connectivity index (χ4n) is 3.13. The average molecular weight is 409 g/mol. The monoisotopic (exact) mass is 409 g/mol. The van der Waals surface area contributed by atoms with Crippen LogP contribution in [0.2, 0.25) is 0 Å². The van der Waals surface area contributed by atoms with Crippen LogP contribution < -0.4 is 0 Å². The molecule has 11 heteroatoms. The number of hydrogen-bond donors (Lipinski definition) is 0. The summed E-state index contributed by atoms with van der Waals surface area (Å²) in [4.78, 5) is 34.4. The average Bonchev–Trinajstić information content (AvgIpc) is 3.24. The summed E-state index contributed by atoms with van der Waals surface area (Å²) in [6.07, 6.45) is 3.57. The van der Waals surface area contributed by atoms with Crippen LogP contribution in [0.25, 0.3) is 5.78 Å². The van der Waals surface area contributed by atoms with Crippen LogP contribution in [0.5, 0.6) is 0 Å². The highest BCUT2D eigenvalue weighted by Gasteiger charge is 2.34. The number of carbonyl (C=O) groups excluding carboxylic acids is 2. The van der Waals surface area contributed by atoms with Crippen molar-refractivity contribution in [3.8, 4) is 0 Å². The minimum Gasteiger partial charge on any atom is -0.450 e. The van der Waals surface area contributed by atoms with Crippen molar-refractivity contribution in [2.75, 3.05) is 24.7 Å². The van der Waals surface area contributed by atoms with Crippen LogP contribution in [-0.2, 0) is 19.4 Å². The standard InChI is InChI=1S/C17H23N5O5S/c1-3-4-8-21(13-6-9-28(25,26)11-13)14(23)10-27-16(24)15-19-17-18-7-5-12(2)22(17)20-15/h5,7,13H,3-4,6,8-11H2,1-2H3/t13-/m1/s1. The number of hydrogen-bond acceptors (Lipinski definition) is 8. The largest absolute Gasteiger partial charge is 0.450 e. The number of unbranched alkanes of at least 4 members (excludes halogenated alkanes) is 1. The van der Waals surface area contributed by atoms with E-state index in [9.17, 15) is 18.0 Å². The van der Waals surface area contributed by atoms with Crippen LogP contribution in [0.15, 0.2) is 12.3 Å². The van der Waals surface area contributed by atoms with Gasteiger partial charge in [0.1, 0.15) is 0 Å². The zero-order valence-electron chi connectivity index (χ0n) is 15.9. The van der Waals surface area contributed by atoms with Crippen molar-refractivity contribution < 1.29 is 22.7 Å². The fourth-order valence-corrected chi connectivity index (χ4v) is 4.86. The molecular formula is C17H23N5O5S. The van der Waals surface area contributed by atoms with Crippen LogP contribution in [0.3, 0.4) is 0 Å². The number of nitrogens with zero attached hydrogens (tertiary/aromatic N) is 5. The van der Waals surface area contributed by atoms with E-state index in [1.54, 1.807) is 19.2 Å². The smallest absolute Gasteiger partial charge is 0.378 e. The van der Waals surface area contributed by atoms with Gasteiger partial charge in [0.05, 0.1) is 11.5 Å². The van der Waals surface area contributed by atoms with Crippen molar-refractivity contribution in [3.63, 3.8) is 0 Å². The molecule has 1 aliphatic heterocycles. The van der Waals surface area contributed by atoms with Gasteiger partial charge in [0.2, 0.25) is 0 Å². The van der Waals surface area contributed by atoms with Gasteiger partial charge in [-0.1, -0.05) is 13.3 Å². The second-order valence-corrected chi connectivity index (χ2v) is 9.04. The molecule has 28 heavy (non-hydrogen) atoms. The fraction of sp³-hybridized carbons (Fsp3) is 0.588. The Morgan fingerprint density at radius 2 is 2.18 bits per heavy atom. The SMILES string of the molecule is CCCCN(C(=O)COC(=O)c1nc2nccc(C)n2n1)[C@@H]1CCS(=O)(=O)C1. The number of aromatic nitrogens is 4. The number of fused-ring (bicyclic) bond motifs is 1. The lowest BCUT2D eigenvalue weighted by Crippen LogP contribution is -2.44. The molecule has 0 radical (unpaired) electrons. The van der Waals surface area contributed by atoms with Gasteiger partial charge in [0.15, 0.2) is 16.4 Å². The first-order chi connectivity index (χ1) is 13.3. The minimum absolute atomic E-state index is 0.0463. The molecule has 2 aromatic heterocycles. The van der Waals surface area contributed by atoms with E-state index in [1.807, 2.05) is 6.92 Å². The van der Waals surface area contributed by atoms with Crippen LogP contribution in [0.4, 0.5) is 0 Å². The van der Waals surface area contributed by atoms with E-state index in [0.717, 1.165) is 18.5 Å². The molecule has 152 valence electrons. The Bertz CT molecular complexity index is 987. The Morgan fingerprint density at radius 1 is 1.39 bits per heavy atom. The molecule has 1 aliphatic rings. The highest BCUT2D eigenvalue weighted by molar-refractivity contribution is 7.91. The number of rotatable bonds is 7. The summed E-state index contributed by atoms with van der Waals surface area (Å²) in [6, 6.07) is 1.35. The molecule has 0 N–H and O–H groups in total. The normalized spacial score (nSPS) is 18.3. The maximum atomic E-state index is 12.6. The van der Waals surface area contributed by atoms with E-state index < -0.39 is 28.3 Å². The van der Waals surface area contributed by atoms with Gasteiger partial charge < -0.3 is 9.64 Å². The highest BCUT2D eigenvalue weighted by Crippen LogP contribution is 2.19. The lowest BCUT2D eigenvalue weighted by atomic mass is 10.2. The van der Waals surface area contributed by atoms with Gasteiger partial charge in [0, 0.05) is 24.5 Å². The molecule has 10 nitrogen and oxygen atoms in total. The van der Waals surface area contributed by atoms with Crippen molar-refractivity contribution in [1.29, 1.82) is 0 Å². The third-order valence-electron chi connectivity index (χ3n) is 4.66. The second kappa shape index (κ2) is 8.21. The maximum Gasteiger partial charge on any atom is 0.378 e. The molecule has 1 saturated heterocycles. The lowest BCUT2D eigenvalue weighted by Gasteiger charge is -2.28. The Balaban J connectivity index is 1.65. The zero-order valence-corrected chi connectivity index (χ0v) is 16.7. The predicted molar refractivity (Wildman–Crippen MR) is 99.5 cm³/mol. The van der Waals surface area contributed by atoms with Crippen LogP contribution in [0.1, 0.15) is 42.5 Å². The van der Waals surface area contributed by atoms with E-state index in [4.69, 9.17) is 4.74 Å². The molecule has 0 spiro atoms. The van der Waals surface area contributed by atoms with Crippen LogP contribution >= 0.6 is 0 Å². The summed E-state index contributed by atoms with van der Waals surface area (Å²) in [5, 5.41) is 4.05. The molecule has 1 atom stereocenters. The van der Waals surface area contributed by atoms with Gasteiger partial charge in [-0.15, -0.1) is 5.10 Å². The first-order valence-corrected chi connectivity index (χ1v) is 11.0. The summed E-state index contributed by atoms with van der Waals surface area (Å²) in [6.45, 7) is 3.73. The van der Waals surface area contributed by atoms with Gasteiger partial charge >= 0.3 is 5.97 Å². The van der Waals surface area contributed by atoms with Crippen LogP contribution in [0, 0.1) is 6.92 Å². The van der Waals surface area contributed by atoms with E-state index in [2.05, 4.69) is 15.1 Å². The number of aryl methyl sites for hydroxylation is 1. The summed E-state index contributed by atoms with van der Waals surface area (Å²) in [7, 11) is -3.12. The summed E-state index contributed by atoms with van der Waals surface area (Å²) >= 11 is 0. The quantitative estimate of drug-likeness (QED) is 0.602. The number of carbonyl (C=O) groups is 2. The van der Waals surface area contributed by atoms with E-state index >= 15 is 0 Å². The molecule has 0 saturated carbocycles. The van der Waals surface area contributed by atoms with E-state index in [1.165, 1.54) is 9.42 Å². The Morgan fingerprint density at radius 3 is 2.82 bits per heavy atom. The second-order valence-electron chi connectivity index (χ2n) is 6.81. The summed E-state index contributed by atoms with van der Waals surface area (Å²) in [5.41, 5.74) is 0.751. The summed E-state index contributed by atoms with van der Waals surface area (Å²) < 4.78 is 30.0. The number of esters is 1. The highest BCUT2D eigenvalue weighted by atomic mass is 32.2. The third-order valence-corrected chi connectivity index (χ3v) is 6.41. The number of sulfone groups is 1. The van der Waals surface area contributed by atoms with Crippen LogP contribution in [-0.4, -0.2) is 75.5 Å². The molecule has 0 bridgehead atoms. The number of amides is 1. The van der Waals surface area contributed by atoms with Gasteiger partial charge in [0.25, 0.3) is 17.5 Å². The van der Waals surface area contributed by atoms with Crippen molar-refractivity contribution in [2.45, 2.75) is 39.2 Å². The van der Waals surface area contributed by atoms with Gasteiger partial charge in [-0.2, -0.15) is 4.98 Å². The number of ether oxygens (including phenoxy) is 1. The molecule has 0 aliphatic carbocycles. The van der Waals surface area contributed by atoms with Gasteiger partial charge in [-0.25, -0.2) is 22.7 Å². The first-order valence-electron chi connectivity index (χ1n) is 9.16. The molecule has 3 heterocycles. The molecule has 1 fully saturated rings. The van der Waals surface area contributed by atoms with Crippen molar-refractivity contribution in [3.05, 3.63) is 23.8 Å². The lowest BCUT2D eigenvalue weighted by molar-refractivity contribution is -0.136. The molecular weight excluding hydrogens is 386 g/mol. The molecule has 3 rings (SSSR count). The predicted octanol–water partition coefficient (Wildman–Crippen LogP) is 0.405. The Labute approximate surface area is 162 Å². The van der Waals surface area contributed by atoms with Crippen molar-refractivity contribution >= 4 is 27.5 Å². The third kappa shape index (κ3) is 4.46. The van der Waals surface area contributed by atoms with E-state index in [0.29, 0.717) is 13.0 Å². The van der Waals surface area contributed by atoms with Crippen molar-refractivity contribution in [2.24, 2.45) is 0 Å². The molecule has 1 amide bonds.